The second kappa shape index (κ2) is 2.96. The first-order chi connectivity index (χ1) is 6.69. The highest BCUT2D eigenvalue weighted by atomic mass is 14.9. The van der Waals surface area contributed by atoms with Crippen LogP contribution in [-0.2, 0) is 0 Å². The predicted molar refractivity (Wildman–Crippen MR) is 66.3 cm³/mol. The zero-order valence-corrected chi connectivity index (χ0v) is 10.9. The fourth-order valence-corrected chi connectivity index (χ4v) is 2.59. The molecule has 1 heterocycles. The Balaban J connectivity index is 2.12. The average molecular weight is 205 g/mol. The smallest absolute Gasteiger partial charge is 0.0751 e. The first kappa shape index (κ1) is 10.9. The summed E-state index contributed by atoms with van der Waals surface area (Å²) in [6, 6.07) is 0.508. The van der Waals surface area contributed by atoms with Crippen LogP contribution in [0.2, 0.25) is 0 Å². The second-order valence-corrected chi connectivity index (χ2v) is 7.00. The maximum absolute atomic E-state index is 4.83. The number of nitrogens with zero attached hydrogens (tertiary/aromatic N) is 1. The molecule has 0 radical (unpaired) electrons. The Labute approximate surface area is 93.7 Å². The van der Waals surface area contributed by atoms with Crippen molar-refractivity contribution in [2.75, 3.05) is 0 Å². The van der Waals surface area contributed by atoms with Gasteiger partial charge in [0.25, 0.3) is 0 Å². The van der Waals surface area contributed by atoms with E-state index < -0.39 is 0 Å². The first-order valence-electron chi connectivity index (χ1n) is 5.99. The summed E-state index contributed by atoms with van der Waals surface area (Å²) in [6.45, 7) is 13.7. The summed E-state index contributed by atoms with van der Waals surface area (Å²) in [5.74, 6) is 0.722. The van der Waals surface area contributed by atoms with Gasteiger partial charge in [-0.3, -0.25) is 4.99 Å². The molecule has 0 bridgehead atoms. The molecule has 0 aromatic heterocycles. The Bertz CT molecular complexity index is 321. The van der Waals surface area contributed by atoms with Crippen LogP contribution in [-0.4, -0.2) is 11.8 Å². The van der Waals surface area contributed by atoms with Gasteiger partial charge in [-0.1, -0.05) is 53.2 Å². The summed E-state index contributed by atoms with van der Waals surface area (Å²) < 4.78 is 0. The molecule has 1 nitrogen and oxygen atoms in total. The first-order valence-corrected chi connectivity index (χ1v) is 5.99. The monoisotopic (exact) mass is 205 g/mol. The maximum Gasteiger partial charge on any atom is 0.0751 e. The zero-order chi connectivity index (χ0) is 11.4. The van der Waals surface area contributed by atoms with Crippen LogP contribution in [0.1, 0.15) is 48.0 Å². The van der Waals surface area contributed by atoms with Crippen molar-refractivity contribution in [1.82, 2.24) is 0 Å². The molecule has 0 N–H and O–H groups in total. The Hall–Kier alpha value is -0.590. The van der Waals surface area contributed by atoms with E-state index in [9.17, 15) is 0 Å². The minimum absolute atomic E-state index is 0.258. The van der Waals surface area contributed by atoms with Crippen LogP contribution in [0.3, 0.4) is 0 Å². The SMILES string of the molecule is CC(C)(C)C1=C[C@H]2N=C(C(C)(C)C)C[C@@H]12. The van der Waals surface area contributed by atoms with E-state index in [0.717, 1.165) is 5.92 Å². The highest BCUT2D eigenvalue weighted by Gasteiger charge is 2.44. The summed E-state index contributed by atoms with van der Waals surface area (Å²) in [6.07, 6.45) is 3.57. The van der Waals surface area contributed by atoms with Crippen LogP contribution in [0.25, 0.3) is 0 Å². The summed E-state index contributed by atoms with van der Waals surface area (Å²) >= 11 is 0. The Kier molecular flexibility index (Phi) is 2.15. The van der Waals surface area contributed by atoms with Gasteiger partial charge < -0.3 is 0 Å². The standard InChI is InChI=1S/C14H23N/c1-13(2,3)10-8-11-9(10)7-12(15-11)14(4,5)6/h8-9,11H,7H2,1-6H3/t9-,11+/m0/s1. The molecule has 0 amide bonds. The lowest BCUT2D eigenvalue weighted by Gasteiger charge is -2.38. The second-order valence-electron chi connectivity index (χ2n) is 7.00. The lowest BCUT2D eigenvalue weighted by atomic mass is 9.67. The third-order valence-electron chi connectivity index (χ3n) is 3.61. The molecular weight excluding hydrogens is 182 g/mol. The van der Waals surface area contributed by atoms with Crippen molar-refractivity contribution in [3.63, 3.8) is 0 Å². The molecular formula is C14H23N. The van der Waals surface area contributed by atoms with Gasteiger partial charge in [-0.25, -0.2) is 0 Å². The van der Waals surface area contributed by atoms with E-state index in [1.807, 2.05) is 0 Å². The van der Waals surface area contributed by atoms with Crippen LogP contribution < -0.4 is 0 Å². The normalized spacial score (nSPS) is 30.5. The van der Waals surface area contributed by atoms with Crippen molar-refractivity contribution in [2.45, 2.75) is 54.0 Å². The van der Waals surface area contributed by atoms with Crippen molar-refractivity contribution < 1.29 is 0 Å². The lowest BCUT2D eigenvalue weighted by molar-refractivity contribution is 0.374. The molecule has 0 saturated heterocycles. The van der Waals surface area contributed by atoms with Gasteiger partial charge in [-0.2, -0.15) is 0 Å². The molecule has 2 atom stereocenters. The quantitative estimate of drug-likeness (QED) is 0.533. The van der Waals surface area contributed by atoms with E-state index in [1.54, 1.807) is 5.57 Å². The number of fused-ring (bicyclic) bond motifs is 1. The van der Waals surface area contributed by atoms with E-state index in [-0.39, 0.29) is 5.41 Å². The molecule has 0 unspecified atom stereocenters. The molecule has 1 heteroatoms. The van der Waals surface area contributed by atoms with Gasteiger partial charge in [0.15, 0.2) is 0 Å². The van der Waals surface area contributed by atoms with E-state index in [0.29, 0.717) is 11.5 Å². The van der Waals surface area contributed by atoms with Crippen molar-refractivity contribution >= 4 is 5.71 Å². The minimum atomic E-state index is 0.258. The van der Waals surface area contributed by atoms with Gasteiger partial charge in [0.1, 0.15) is 0 Å². The van der Waals surface area contributed by atoms with Crippen molar-refractivity contribution in [2.24, 2.45) is 21.7 Å². The largest absolute Gasteiger partial charge is 0.285 e. The molecule has 1 aliphatic carbocycles. The third kappa shape index (κ3) is 1.77. The molecule has 0 spiro atoms. The average Bonchev–Trinajstić information content (AvgIpc) is 2.24. The lowest BCUT2D eigenvalue weighted by Crippen LogP contribution is -2.32. The fraction of sp³-hybridized carbons (Fsp3) is 0.786. The van der Waals surface area contributed by atoms with Gasteiger partial charge in [-0.15, -0.1) is 0 Å². The molecule has 0 aromatic rings. The highest BCUT2D eigenvalue weighted by Crippen LogP contribution is 2.48. The summed E-state index contributed by atoms with van der Waals surface area (Å²) in [5.41, 5.74) is 3.63. The summed E-state index contributed by atoms with van der Waals surface area (Å²) in [5, 5.41) is 0. The third-order valence-corrected chi connectivity index (χ3v) is 3.61. The molecule has 0 aromatic carbocycles. The van der Waals surface area contributed by atoms with Gasteiger partial charge in [0.2, 0.25) is 0 Å². The Morgan fingerprint density at radius 3 is 2.13 bits per heavy atom. The molecule has 15 heavy (non-hydrogen) atoms. The zero-order valence-electron chi connectivity index (χ0n) is 10.9. The van der Waals surface area contributed by atoms with E-state index in [4.69, 9.17) is 4.99 Å². The molecule has 0 fully saturated rings. The van der Waals surface area contributed by atoms with Crippen LogP contribution in [0.5, 0.6) is 0 Å². The van der Waals surface area contributed by atoms with Crippen molar-refractivity contribution in [1.29, 1.82) is 0 Å². The van der Waals surface area contributed by atoms with Crippen LogP contribution in [0.15, 0.2) is 16.6 Å². The number of aliphatic imine (C=N–C) groups is 1. The Morgan fingerprint density at radius 2 is 1.67 bits per heavy atom. The molecule has 84 valence electrons. The number of hydrogen-bond donors (Lipinski definition) is 0. The van der Waals surface area contributed by atoms with Crippen LogP contribution in [0.4, 0.5) is 0 Å². The molecule has 2 aliphatic rings. The number of hydrogen-bond acceptors (Lipinski definition) is 1. The van der Waals surface area contributed by atoms with Crippen LogP contribution >= 0.6 is 0 Å². The Morgan fingerprint density at radius 1 is 1.07 bits per heavy atom. The highest BCUT2D eigenvalue weighted by molar-refractivity contribution is 5.92. The fourth-order valence-electron chi connectivity index (χ4n) is 2.59. The predicted octanol–water partition coefficient (Wildman–Crippen LogP) is 3.85. The maximum atomic E-state index is 4.83. The topological polar surface area (TPSA) is 12.4 Å². The van der Waals surface area contributed by atoms with Crippen LogP contribution in [0, 0.1) is 16.7 Å². The molecule has 2 rings (SSSR count). The van der Waals surface area contributed by atoms with E-state index in [1.165, 1.54) is 12.1 Å². The van der Waals surface area contributed by atoms with Gasteiger partial charge >= 0.3 is 0 Å². The van der Waals surface area contributed by atoms with E-state index >= 15 is 0 Å². The number of rotatable bonds is 0. The van der Waals surface area contributed by atoms with Gasteiger partial charge in [-0.05, 0) is 17.3 Å². The van der Waals surface area contributed by atoms with E-state index in [2.05, 4.69) is 47.6 Å². The van der Waals surface area contributed by atoms with Crippen molar-refractivity contribution in [3.8, 4) is 0 Å². The molecule has 1 aliphatic heterocycles. The van der Waals surface area contributed by atoms with Crippen molar-refractivity contribution in [3.05, 3.63) is 11.6 Å². The minimum Gasteiger partial charge on any atom is -0.285 e. The van der Waals surface area contributed by atoms with Gasteiger partial charge in [0, 0.05) is 11.6 Å². The summed E-state index contributed by atoms with van der Waals surface area (Å²) in [4.78, 5) is 4.83. The summed E-state index contributed by atoms with van der Waals surface area (Å²) in [7, 11) is 0. The van der Waals surface area contributed by atoms with Gasteiger partial charge in [0.05, 0.1) is 6.04 Å². The molecule has 0 saturated carbocycles.